The number of β-amino-alcohol motifs (C(OH)–C–C–N with tert-alkyl or cyclic N) is 1. The highest BCUT2D eigenvalue weighted by atomic mass is 16.3. The summed E-state index contributed by atoms with van der Waals surface area (Å²) < 4.78 is 0. The fourth-order valence-electron chi connectivity index (χ4n) is 1.64. The highest BCUT2D eigenvalue weighted by Crippen LogP contribution is 2.33. The molecule has 1 aliphatic heterocycles. The van der Waals surface area contributed by atoms with Crippen molar-refractivity contribution in [2.45, 2.75) is 33.8 Å². The van der Waals surface area contributed by atoms with Crippen molar-refractivity contribution in [2.24, 2.45) is 11.3 Å². The smallest absolute Gasteiger partial charge is 0.0639 e. The van der Waals surface area contributed by atoms with Crippen LogP contribution in [0, 0.1) is 11.3 Å². The molecule has 0 aromatic rings. The average molecular weight is 171 g/mol. The van der Waals surface area contributed by atoms with Gasteiger partial charge in [0.25, 0.3) is 0 Å². The second-order valence-corrected chi connectivity index (χ2v) is 5.13. The molecule has 1 rings (SSSR count). The standard InChI is InChI=1S/C10H21NO/c1-8(12)5-11-6-9(7-11)10(2,3)4/h8-9,12H,5-7H2,1-4H3. The Morgan fingerprint density at radius 1 is 1.42 bits per heavy atom. The maximum atomic E-state index is 9.14. The first-order valence-electron chi connectivity index (χ1n) is 4.80. The molecular formula is C10H21NO. The third kappa shape index (κ3) is 2.46. The van der Waals surface area contributed by atoms with Gasteiger partial charge in [-0.3, -0.25) is 0 Å². The summed E-state index contributed by atoms with van der Waals surface area (Å²) in [5.41, 5.74) is 0.440. The third-order valence-electron chi connectivity index (χ3n) is 2.70. The predicted octanol–water partition coefficient (Wildman–Crippen LogP) is 1.35. The van der Waals surface area contributed by atoms with E-state index in [4.69, 9.17) is 5.11 Å². The summed E-state index contributed by atoms with van der Waals surface area (Å²) in [6, 6.07) is 0. The van der Waals surface area contributed by atoms with E-state index in [1.807, 2.05) is 6.92 Å². The van der Waals surface area contributed by atoms with Crippen LogP contribution in [0.1, 0.15) is 27.7 Å². The molecule has 1 unspecified atom stereocenters. The lowest BCUT2D eigenvalue weighted by molar-refractivity contribution is -0.00229. The first-order valence-corrected chi connectivity index (χ1v) is 4.80. The molecule has 12 heavy (non-hydrogen) atoms. The van der Waals surface area contributed by atoms with E-state index < -0.39 is 0 Å². The van der Waals surface area contributed by atoms with Gasteiger partial charge in [0.1, 0.15) is 0 Å². The number of likely N-dealkylation sites (tertiary alicyclic amines) is 1. The molecule has 72 valence electrons. The van der Waals surface area contributed by atoms with Gasteiger partial charge in [-0.25, -0.2) is 0 Å². The van der Waals surface area contributed by atoms with Crippen LogP contribution in [0.2, 0.25) is 0 Å². The average Bonchev–Trinajstić information content (AvgIpc) is 1.73. The third-order valence-corrected chi connectivity index (χ3v) is 2.70. The van der Waals surface area contributed by atoms with Crippen LogP contribution in [0.5, 0.6) is 0 Å². The summed E-state index contributed by atoms with van der Waals surface area (Å²) in [6.45, 7) is 11.9. The van der Waals surface area contributed by atoms with Crippen molar-refractivity contribution in [3.8, 4) is 0 Å². The molecule has 1 fully saturated rings. The van der Waals surface area contributed by atoms with Crippen molar-refractivity contribution in [1.29, 1.82) is 0 Å². The van der Waals surface area contributed by atoms with Gasteiger partial charge in [0.2, 0.25) is 0 Å². The van der Waals surface area contributed by atoms with Crippen LogP contribution in [0.25, 0.3) is 0 Å². The minimum atomic E-state index is -0.175. The zero-order chi connectivity index (χ0) is 9.35. The Labute approximate surface area is 75.6 Å². The second-order valence-electron chi connectivity index (χ2n) is 5.13. The quantitative estimate of drug-likeness (QED) is 0.678. The number of nitrogens with zero attached hydrogens (tertiary/aromatic N) is 1. The molecule has 0 aliphatic carbocycles. The van der Waals surface area contributed by atoms with E-state index in [1.54, 1.807) is 0 Å². The lowest BCUT2D eigenvalue weighted by atomic mass is 9.76. The van der Waals surface area contributed by atoms with E-state index in [0.717, 1.165) is 25.6 Å². The van der Waals surface area contributed by atoms with E-state index in [1.165, 1.54) is 0 Å². The Kier molecular flexibility index (Phi) is 2.79. The molecule has 2 nitrogen and oxygen atoms in total. The molecule has 0 aromatic heterocycles. The fourth-order valence-corrected chi connectivity index (χ4v) is 1.64. The number of rotatable bonds is 2. The van der Waals surface area contributed by atoms with Crippen LogP contribution >= 0.6 is 0 Å². The first-order chi connectivity index (χ1) is 5.39. The van der Waals surface area contributed by atoms with Crippen molar-refractivity contribution in [1.82, 2.24) is 4.90 Å². The first kappa shape index (κ1) is 10.0. The highest BCUT2D eigenvalue weighted by Gasteiger charge is 2.35. The molecule has 0 aromatic carbocycles. The van der Waals surface area contributed by atoms with Gasteiger partial charge >= 0.3 is 0 Å². The van der Waals surface area contributed by atoms with E-state index in [2.05, 4.69) is 25.7 Å². The molecule has 1 heterocycles. The maximum Gasteiger partial charge on any atom is 0.0639 e. The normalized spacial score (nSPS) is 23.8. The second kappa shape index (κ2) is 3.35. The van der Waals surface area contributed by atoms with Crippen LogP contribution in [-0.4, -0.2) is 35.7 Å². The van der Waals surface area contributed by atoms with Gasteiger partial charge in [-0.2, -0.15) is 0 Å². The number of aliphatic hydroxyl groups is 1. The summed E-state index contributed by atoms with van der Waals surface area (Å²) in [4.78, 5) is 2.32. The molecule has 1 atom stereocenters. The molecular weight excluding hydrogens is 150 g/mol. The monoisotopic (exact) mass is 171 g/mol. The van der Waals surface area contributed by atoms with Gasteiger partial charge in [0.15, 0.2) is 0 Å². The Morgan fingerprint density at radius 2 is 1.92 bits per heavy atom. The molecule has 0 amide bonds. The molecule has 0 saturated carbocycles. The van der Waals surface area contributed by atoms with Gasteiger partial charge in [-0.15, -0.1) is 0 Å². The minimum Gasteiger partial charge on any atom is -0.392 e. The molecule has 2 heteroatoms. The largest absolute Gasteiger partial charge is 0.392 e. The molecule has 0 spiro atoms. The number of aliphatic hydroxyl groups excluding tert-OH is 1. The molecule has 1 N–H and O–H groups in total. The molecule has 0 radical (unpaired) electrons. The van der Waals surface area contributed by atoms with Crippen molar-refractivity contribution in [3.05, 3.63) is 0 Å². The Morgan fingerprint density at radius 3 is 2.25 bits per heavy atom. The SMILES string of the molecule is CC(O)CN1CC(C(C)(C)C)C1. The van der Waals surface area contributed by atoms with E-state index in [9.17, 15) is 0 Å². The minimum absolute atomic E-state index is 0.175. The Balaban J connectivity index is 2.20. The Hall–Kier alpha value is -0.0800. The van der Waals surface area contributed by atoms with Crippen molar-refractivity contribution >= 4 is 0 Å². The maximum absolute atomic E-state index is 9.14. The van der Waals surface area contributed by atoms with Crippen molar-refractivity contribution in [2.75, 3.05) is 19.6 Å². The van der Waals surface area contributed by atoms with Crippen LogP contribution in [0.4, 0.5) is 0 Å². The summed E-state index contributed by atoms with van der Waals surface area (Å²) in [5.74, 6) is 0.816. The highest BCUT2D eigenvalue weighted by molar-refractivity contribution is 4.88. The van der Waals surface area contributed by atoms with Crippen LogP contribution in [0.15, 0.2) is 0 Å². The molecule has 1 saturated heterocycles. The van der Waals surface area contributed by atoms with Crippen LogP contribution in [-0.2, 0) is 0 Å². The predicted molar refractivity (Wildman–Crippen MR) is 51.1 cm³/mol. The van der Waals surface area contributed by atoms with Crippen LogP contribution < -0.4 is 0 Å². The van der Waals surface area contributed by atoms with E-state index >= 15 is 0 Å². The summed E-state index contributed by atoms with van der Waals surface area (Å²) in [5, 5.41) is 9.14. The van der Waals surface area contributed by atoms with Crippen molar-refractivity contribution in [3.63, 3.8) is 0 Å². The fraction of sp³-hybridized carbons (Fsp3) is 1.00. The number of hydrogen-bond acceptors (Lipinski definition) is 2. The Bertz CT molecular complexity index is 142. The van der Waals surface area contributed by atoms with Crippen LogP contribution in [0.3, 0.4) is 0 Å². The number of hydrogen-bond donors (Lipinski definition) is 1. The van der Waals surface area contributed by atoms with E-state index in [-0.39, 0.29) is 6.10 Å². The summed E-state index contributed by atoms with van der Waals surface area (Å²) >= 11 is 0. The molecule has 1 aliphatic rings. The van der Waals surface area contributed by atoms with Gasteiger partial charge in [0.05, 0.1) is 6.10 Å². The van der Waals surface area contributed by atoms with Gasteiger partial charge < -0.3 is 10.0 Å². The lowest BCUT2D eigenvalue weighted by Gasteiger charge is -2.46. The lowest BCUT2D eigenvalue weighted by Crippen LogP contribution is -2.53. The zero-order valence-corrected chi connectivity index (χ0v) is 8.67. The van der Waals surface area contributed by atoms with Gasteiger partial charge in [0, 0.05) is 19.6 Å². The van der Waals surface area contributed by atoms with E-state index in [0.29, 0.717) is 5.41 Å². The molecule has 0 bridgehead atoms. The summed E-state index contributed by atoms with van der Waals surface area (Å²) in [6.07, 6.45) is -0.175. The summed E-state index contributed by atoms with van der Waals surface area (Å²) in [7, 11) is 0. The van der Waals surface area contributed by atoms with Crippen molar-refractivity contribution < 1.29 is 5.11 Å². The topological polar surface area (TPSA) is 23.5 Å². The van der Waals surface area contributed by atoms with Gasteiger partial charge in [-0.1, -0.05) is 20.8 Å². The van der Waals surface area contributed by atoms with Gasteiger partial charge in [-0.05, 0) is 18.3 Å². The zero-order valence-electron chi connectivity index (χ0n) is 8.67.